The molecule has 0 spiro atoms. The number of hydrogen-bond donors (Lipinski definition) is 1. The number of carbonyl (C=O) groups is 1. The van der Waals surface area contributed by atoms with Crippen LogP contribution in [-0.2, 0) is 11.3 Å². The van der Waals surface area contributed by atoms with Crippen LogP contribution < -0.4 is 5.32 Å². The number of benzene rings is 2. The molecule has 34 heavy (non-hydrogen) atoms. The molecule has 2 aromatic heterocycles. The smallest absolute Gasteiger partial charge is 0.264 e. The maximum Gasteiger partial charge on any atom is 0.264 e. The Morgan fingerprint density at radius 1 is 0.971 bits per heavy atom. The summed E-state index contributed by atoms with van der Waals surface area (Å²) in [5, 5.41) is 5.60. The van der Waals surface area contributed by atoms with Crippen LogP contribution in [0.2, 0.25) is 0 Å². The van der Waals surface area contributed by atoms with Gasteiger partial charge in [-0.3, -0.25) is 4.79 Å². The van der Waals surface area contributed by atoms with Gasteiger partial charge in [-0.25, -0.2) is 40.4 Å². The number of amides is 1. The zero-order chi connectivity index (χ0) is 24.7. The van der Waals surface area contributed by atoms with Crippen LogP contribution in [0.5, 0.6) is 0 Å². The molecule has 0 fully saturated rings. The van der Waals surface area contributed by atoms with Gasteiger partial charge in [0.2, 0.25) is 11.7 Å². The van der Waals surface area contributed by atoms with Gasteiger partial charge < -0.3 is 5.32 Å². The largest absolute Gasteiger partial charge is 0.319 e. The van der Waals surface area contributed by atoms with Gasteiger partial charge in [0.15, 0.2) is 28.9 Å². The van der Waals surface area contributed by atoms with Gasteiger partial charge in [0, 0.05) is 11.1 Å². The summed E-state index contributed by atoms with van der Waals surface area (Å²) in [6.45, 7) is 0.592. The summed E-state index contributed by atoms with van der Waals surface area (Å²) in [6.07, 6.45) is -2.91. The zero-order valence-corrected chi connectivity index (χ0v) is 17.1. The second-order valence-corrected chi connectivity index (χ2v) is 7.20. The number of pyridine rings is 1. The molecular weight excluding hydrogens is 469 g/mol. The molecule has 0 atom stereocenters. The average Bonchev–Trinajstić information content (AvgIpc) is 3.14. The lowest BCUT2D eigenvalue weighted by Crippen LogP contribution is -2.22. The zero-order valence-electron chi connectivity index (χ0n) is 17.1. The van der Waals surface area contributed by atoms with E-state index in [0.717, 1.165) is 4.68 Å². The molecule has 12 heteroatoms. The molecule has 1 amide bonds. The number of anilines is 1. The minimum Gasteiger partial charge on any atom is -0.319 e. The number of rotatable bonds is 5. The van der Waals surface area contributed by atoms with E-state index in [4.69, 9.17) is 0 Å². The maximum atomic E-state index is 13.9. The highest BCUT2D eigenvalue weighted by atomic mass is 19.3. The molecule has 0 saturated heterocycles. The fourth-order valence-electron chi connectivity index (χ4n) is 3.46. The van der Waals surface area contributed by atoms with Gasteiger partial charge in [0.25, 0.3) is 6.43 Å². The average molecular weight is 482 g/mol. The molecule has 1 N–H and O–H groups in total. The molecule has 4 rings (SSSR count). The summed E-state index contributed by atoms with van der Waals surface area (Å²) < 4.78 is 96.3. The molecule has 0 bridgehead atoms. The molecule has 0 aliphatic heterocycles. The highest BCUT2D eigenvalue weighted by molar-refractivity contribution is 5.92. The highest BCUT2D eigenvalue weighted by Crippen LogP contribution is 2.33. The predicted molar refractivity (Wildman–Crippen MR) is 108 cm³/mol. The van der Waals surface area contributed by atoms with Gasteiger partial charge >= 0.3 is 0 Å². The molecule has 0 radical (unpaired) electrons. The van der Waals surface area contributed by atoms with Crippen LogP contribution in [-0.4, -0.2) is 20.7 Å². The molecule has 2 heterocycles. The normalized spacial score (nSPS) is 11.4. The first kappa shape index (κ1) is 23.2. The first-order chi connectivity index (χ1) is 16.1. The van der Waals surface area contributed by atoms with Gasteiger partial charge in [0.05, 0.1) is 16.8 Å². The van der Waals surface area contributed by atoms with Crippen molar-refractivity contribution in [3.8, 4) is 11.3 Å². The summed E-state index contributed by atoms with van der Waals surface area (Å²) in [4.78, 5) is 16.7. The first-order valence-electron chi connectivity index (χ1n) is 9.63. The van der Waals surface area contributed by atoms with Crippen molar-refractivity contribution in [2.45, 2.75) is 19.9 Å². The SMILES string of the molecule is Cc1nn(CC(=O)Nc2c(F)c(F)c(F)c(F)c2F)c2nc(-c3ccccc3)cc(C(F)F)c12. The summed E-state index contributed by atoms with van der Waals surface area (Å²) in [7, 11) is 0. The second kappa shape index (κ2) is 8.76. The lowest BCUT2D eigenvalue weighted by molar-refractivity contribution is -0.116. The van der Waals surface area contributed by atoms with Crippen molar-refractivity contribution in [2.24, 2.45) is 0 Å². The number of nitrogens with one attached hydrogen (secondary N) is 1. The van der Waals surface area contributed by atoms with Gasteiger partial charge in [-0.1, -0.05) is 30.3 Å². The topological polar surface area (TPSA) is 59.8 Å². The van der Waals surface area contributed by atoms with Gasteiger partial charge in [-0.15, -0.1) is 0 Å². The summed E-state index contributed by atoms with van der Waals surface area (Å²) >= 11 is 0. The summed E-state index contributed by atoms with van der Waals surface area (Å²) in [5.41, 5.74) is -1.30. The Balaban J connectivity index is 1.76. The highest BCUT2D eigenvalue weighted by Gasteiger charge is 2.27. The minimum absolute atomic E-state index is 0.0290. The number of alkyl halides is 2. The summed E-state index contributed by atoms with van der Waals surface area (Å²) in [5.74, 6) is -12.5. The third-order valence-electron chi connectivity index (χ3n) is 4.98. The van der Waals surface area contributed by atoms with Crippen molar-refractivity contribution >= 4 is 22.6 Å². The number of carbonyl (C=O) groups excluding carboxylic acids is 1. The Kier molecular flexibility index (Phi) is 5.98. The Bertz CT molecular complexity index is 1390. The standard InChI is InChI=1S/C22H13F7N4O/c1-9-14-11(21(28)29)7-12(10-5-3-2-4-6-10)30-22(14)33(32-9)8-13(34)31-20-18(26)16(24)15(23)17(25)19(20)27/h2-7,21H,8H2,1H3,(H,31,34). The van der Waals surface area contributed by atoms with E-state index >= 15 is 0 Å². The van der Waals surface area contributed by atoms with E-state index in [9.17, 15) is 35.5 Å². The van der Waals surface area contributed by atoms with Crippen LogP contribution in [0.4, 0.5) is 36.4 Å². The van der Waals surface area contributed by atoms with E-state index in [1.54, 1.807) is 35.6 Å². The Morgan fingerprint density at radius 2 is 1.56 bits per heavy atom. The van der Waals surface area contributed by atoms with Crippen molar-refractivity contribution in [3.05, 3.63) is 76.7 Å². The van der Waals surface area contributed by atoms with Gasteiger partial charge in [-0.05, 0) is 13.0 Å². The molecule has 176 valence electrons. The summed E-state index contributed by atoms with van der Waals surface area (Å²) in [6, 6.07) is 9.51. The predicted octanol–water partition coefficient (Wildman–Crippen LogP) is 5.68. The van der Waals surface area contributed by atoms with Crippen LogP contribution in [0.1, 0.15) is 17.7 Å². The number of aryl methyl sites for hydroxylation is 1. The van der Waals surface area contributed by atoms with Crippen molar-refractivity contribution in [1.82, 2.24) is 14.8 Å². The van der Waals surface area contributed by atoms with Crippen LogP contribution in [0.25, 0.3) is 22.3 Å². The molecule has 0 aliphatic carbocycles. The maximum absolute atomic E-state index is 13.9. The number of halogens is 7. The fourth-order valence-corrected chi connectivity index (χ4v) is 3.46. The molecule has 0 aliphatic rings. The molecule has 0 unspecified atom stereocenters. The molecule has 0 saturated carbocycles. The van der Waals surface area contributed by atoms with E-state index in [1.807, 2.05) is 0 Å². The fraction of sp³-hybridized carbons (Fsp3) is 0.136. The third-order valence-corrected chi connectivity index (χ3v) is 4.98. The molecule has 5 nitrogen and oxygen atoms in total. The van der Waals surface area contributed by atoms with Crippen LogP contribution in [0.3, 0.4) is 0 Å². The number of fused-ring (bicyclic) bond motifs is 1. The minimum atomic E-state index is -2.91. The van der Waals surface area contributed by atoms with Crippen LogP contribution >= 0.6 is 0 Å². The van der Waals surface area contributed by atoms with Crippen molar-refractivity contribution in [1.29, 1.82) is 0 Å². The lowest BCUT2D eigenvalue weighted by atomic mass is 10.1. The first-order valence-corrected chi connectivity index (χ1v) is 9.63. The quantitative estimate of drug-likeness (QED) is 0.226. The lowest BCUT2D eigenvalue weighted by Gasteiger charge is -2.11. The van der Waals surface area contributed by atoms with Crippen molar-refractivity contribution in [2.75, 3.05) is 5.32 Å². The van der Waals surface area contributed by atoms with E-state index in [0.29, 0.717) is 5.56 Å². The Labute approximate surface area is 186 Å². The van der Waals surface area contributed by atoms with Crippen molar-refractivity contribution < 1.29 is 35.5 Å². The molecular formula is C22H13F7N4O. The van der Waals surface area contributed by atoms with E-state index in [1.165, 1.54) is 13.0 Å². The number of hydrogen-bond acceptors (Lipinski definition) is 3. The Morgan fingerprint density at radius 3 is 2.15 bits per heavy atom. The molecule has 2 aromatic carbocycles. The van der Waals surface area contributed by atoms with E-state index in [2.05, 4.69) is 10.1 Å². The van der Waals surface area contributed by atoms with Crippen LogP contribution in [0, 0.1) is 36.0 Å². The van der Waals surface area contributed by atoms with Crippen molar-refractivity contribution in [3.63, 3.8) is 0 Å². The number of nitrogens with zero attached hydrogens (tertiary/aromatic N) is 3. The third kappa shape index (κ3) is 3.95. The Hall–Kier alpha value is -3.96. The van der Waals surface area contributed by atoms with E-state index in [-0.39, 0.29) is 22.4 Å². The van der Waals surface area contributed by atoms with Crippen LogP contribution in [0.15, 0.2) is 36.4 Å². The molecule has 4 aromatic rings. The van der Waals surface area contributed by atoms with Gasteiger partial charge in [-0.2, -0.15) is 5.10 Å². The number of aromatic nitrogens is 3. The van der Waals surface area contributed by atoms with Gasteiger partial charge in [0.1, 0.15) is 12.2 Å². The second-order valence-electron chi connectivity index (χ2n) is 7.20. The monoisotopic (exact) mass is 482 g/mol. The van der Waals surface area contributed by atoms with E-state index < -0.39 is 59.2 Å².